The number of hydrogen-bond donors (Lipinski definition) is 1. The standard InChI is InChI=1S/C16H19N5O4S/c1-21(13-6-7-26(23,24)10-13)16-19-14(9-17-20-16)18-12-5-3-4-11(8-12)15(22)25-2/h3-5,8-9,13H,6-7,10H2,1-2H3,(H,18,19,20). The van der Waals surface area contributed by atoms with E-state index in [1.807, 2.05) is 0 Å². The van der Waals surface area contributed by atoms with E-state index in [0.29, 0.717) is 29.4 Å². The zero-order valence-electron chi connectivity index (χ0n) is 14.4. The van der Waals surface area contributed by atoms with Gasteiger partial charge in [-0.15, -0.1) is 5.10 Å². The lowest BCUT2D eigenvalue weighted by atomic mass is 10.2. The number of carbonyl (C=O) groups is 1. The fourth-order valence-electron chi connectivity index (χ4n) is 2.74. The normalized spacial score (nSPS) is 18.3. The van der Waals surface area contributed by atoms with Crippen LogP contribution < -0.4 is 10.2 Å². The monoisotopic (exact) mass is 377 g/mol. The predicted molar refractivity (Wildman–Crippen MR) is 96.4 cm³/mol. The number of esters is 1. The first kappa shape index (κ1) is 18.1. The Labute approximate surface area is 151 Å². The van der Waals surface area contributed by atoms with E-state index < -0.39 is 15.8 Å². The molecule has 0 saturated carbocycles. The highest BCUT2D eigenvalue weighted by molar-refractivity contribution is 7.91. The molecule has 1 unspecified atom stereocenters. The molecule has 0 radical (unpaired) electrons. The highest BCUT2D eigenvalue weighted by Gasteiger charge is 2.32. The van der Waals surface area contributed by atoms with E-state index in [0.717, 1.165) is 0 Å². The Kier molecular flexibility index (Phi) is 5.03. The van der Waals surface area contributed by atoms with Crippen LogP contribution in [-0.2, 0) is 14.6 Å². The summed E-state index contributed by atoms with van der Waals surface area (Å²) in [7, 11) is 0.0760. The third-order valence-electron chi connectivity index (χ3n) is 4.18. The van der Waals surface area contributed by atoms with Crippen molar-refractivity contribution in [3.05, 3.63) is 36.0 Å². The topological polar surface area (TPSA) is 114 Å². The van der Waals surface area contributed by atoms with Crippen LogP contribution in [0.3, 0.4) is 0 Å². The molecule has 3 rings (SSSR count). The molecule has 9 nitrogen and oxygen atoms in total. The lowest BCUT2D eigenvalue weighted by Crippen LogP contribution is -2.34. The Bertz CT molecular complexity index is 918. The molecular formula is C16H19N5O4S. The molecule has 1 fully saturated rings. The van der Waals surface area contributed by atoms with Gasteiger partial charge in [0.15, 0.2) is 15.7 Å². The van der Waals surface area contributed by atoms with Gasteiger partial charge in [-0.3, -0.25) is 0 Å². The highest BCUT2D eigenvalue weighted by Crippen LogP contribution is 2.22. The Morgan fingerprint density at radius 3 is 2.88 bits per heavy atom. The van der Waals surface area contributed by atoms with Gasteiger partial charge in [-0.05, 0) is 24.6 Å². The van der Waals surface area contributed by atoms with Gasteiger partial charge in [-0.25, -0.2) is 13.2 Å². The Hall–Kier alpha value is -2.75. The van der Waals surface area contributed by atoms with Crippen molar-refractivity contribution < 1.29 is 17.9 Å². The summed E-state index contributed by atoms with van der Waals surface area (Å²) in [5.74, 6) is 0.600. The van der Waals surface area contributed by atoms with Crippen molar-refractivity contribution in [3.63, 3.8) is 0 Å². The first-order chi connectivity index (χ1) is 12.4. The molecule has 2 heterocycles. The average molecular weight is 377 g/mol. The number of ether oxygens (including phenoxy) is 1. The molecule has 26 heavy (non-hydrogen) atoms. The second kappa shape index (κ2) is 7.24. The molecule has 138 valence electrons. The smallest absolute Gasteiger partial charge is 0.337 e. The van der Waals surface area contributed by atoms with Crippen molar-refractivity contribution in [2.45, 2.75) is 12.5 Å². The lowest BCUT2D eigenvalue weighted by Gasteiger charge is -2.22. The number of sulfone groups is 1. The van der Waals surface area contributed by atoms with Gasteiger partial charge in [0, 0.05) is 18.8 Å². The summed E-state index contributed by atoms with van der Waals surface area (Å²) in [6, 6.07) is 6.62. The van der Waals surface area contributed by atoms with Gasteiger partial charge >= 0.3 is 5.97 Å². The van der Waals surface area contributed by atoms with Crippen LogP contribution in [0.15, 0.2) is 30.5 Å². The maximum atomic E-state index is 11.7. The second-order valence-electron chi connectivity index (χ2n) is 6.01. The molecule has 0 bridgehead atoms. The minimum Gasteiger partial charge on any atom is -0.465 e. The Balaban J connectivity index is 1.77. The Morgan fingerprint density at radius 1 is 1.38 bits per heavy atom. The molecule has 1 aliphatic rings. The molecule has 1 saturated heterocycles. The predicted octanol–water partition coefficient (Wildman–Crippen LogP) is 1.03. The number of methoxy groups -OCH3 is 1. The number of nitrogens with zero attached hydrogens (tertiary/aromatic N) is 4. The second-order valence-corrected chi connectivity index (χ2v) is 8.24. The average Bonchev–Trinajstić information content (AvgIpc) is 3.00. The SMILES string of the molecule is COC(=O)c1cccc(Nc2cnnc(N(C)C3CCS(=O)(=O)C3)n2)c1. The van der Waals surface area contributed by atoms with E-state index in [9.17, 15) is 13.2 Å². The molecule has 1 aliphatic heterocycles. The summed E-state index contributed by atoms with van der Waals surface area (Å²) in [5, 5.41) is 11.0. The van der Waals surface area contributed by atoms with E-state index in [2.05, 4.69) is 20.5 Å². The number of nitrogens with one attached hydrogen (secondary N) is 1. The van der Waals surface area contributed by atoms with Gasteiger partial charge in [0.25, 0.3) is 0 Å². The number of rotatable bonds is 5. The van der Waals surface area contributed by atoms with Gasteiger partial charge in [0.1, 0.15) is 0 Å². The van der Waals surface area contributed by atoms with Crippen LogP contribution in [0, 0.1) is 0 Å². The van der Waals surface area contributed by atoms with Crippen LogP contribution in [0.2, 0.25) is 0 Å². The zero-order chi connectivity index (χ0) is 18.7. The van der Waals surface area contributed by atoms with Gasteiger partial charge < -0.3 is 15.0 Å². The van der Waals surface area contributed by atoms with Gasteiger partial charge in [-0.2, -0.15) is 10.1 Å². The fraction of sp³-hybridized carbons (Fsp3) is 0.375. The number of carbonyl (C=O) groups excluding carboxylic acids is 1. The first-order valence-corrected chi connectivity index (χ1v) is 9.78. The van der Waals surface area contributed by atoms with Crippen LogP contribution in [0.1, 0.15) is 16.8 Å². The van der Waals surface area contributed by atoms with Crippen molar-refractivity contribution in [1.82, 2.24) is 15.2 Å². The minimum absolute atomic E-state index is 0.0890. The summed E-state index contributed by atoms with van der Waals surface area (Å²) in [6.07, 6.45) is 1.99. The lowest BCUT2D eigenvalue weighted by molar-refractivity contribution is 0.0601. The minimum atomic E-state index is -3.00. The van der Waals surface area contributed by atoms with E-state index >= 15 is 0 Å². The summed E-state index contributed by atoms with van der Waals surface area (Å²) >= 11 is 0. The third kappa shape index (κ3) is 4.07. The maximum Gasteiger partial charge on any atom is 0.337 e. The molecule has 0 amide bonds. The zero-order valence-corrected chi connectivity index (χ0v) is 15.2. The molecule has 1 N–H and O–H groups in total. The fourth-order valence-corrected chi connectivity index (χ4v) is 4.51. The number of anilines is 3. The maximum absolute atomic E-state index is 11.7. The first-order valence-electron chi connectivity index (χ1n) is 7.96. The van der Waals surface area contributed by atoms with Crippen molar-refractivity contribution >= 4 is 33.3 Å². The summed E-state index contributed by atoms with van der Waals surface area (Å²) in [6.45, 7) is 0. The molecule has 10 heteroatoms. The van der Waals surface area contributed by atoms with Crippen molar-refractivity contribution in [2.24, 2.45) is 0 Å². The quantitative estimate of drug-likeness (QED) is 0.763. The van der Waals surface area contributed by atoms with E-state index in [-0.39, 0.29) is 17.5 Å². The van der Waals surface area contributed by atoms with Crippen LogP contribution >= 0.6 is 0 Å². The largest absolute Gasteiger partial charge is 0.465 e. The summed E-state index contributed by atoms with van der Waals surface area (Å²) in [5.41, 5.74) is 1.05. The van der Waals surface area contributed by atoms with Crippen LogP contribution in [0.4, 0.5) is 17.5 Å². The molecule has 1 aromatic heterocycles. The van der Waals surface area contributed by atoms with E-state index in [1.165, 1.54) is 13.3 Å². The number of hydrogen-bond acceptors (Lipinski definition) is 9. The van der Waals surface area contributed by atoms with Gasteiger partial charge in [0.05, 0.1) is 30.4 Å². The summed E-state index contributed by atoms with van der Waals surface area (Å²) in [4.78, 5) is 17.7. The van der Waals surface area contributed by atoms with Crippen molar-refractivity contribution in [3.8, 4) is 0 Å². The third-order valence-corrected chi connectivity index (χ3v) is 5.93. The van der Waals surface area contributed by atoms with Crippen molar-refractivity contribution in [2.75, 3.05) is 35.9 Å². The van der Waals surface area contributed by atoms with Crippen LogP contribution in [0.5, 0.6) is 0 Å². The number of aromatic nitrogens is 3. The Morgan fingerprint density at radius 2 is 2.19 bits per heavy atom. The summed E-state index contributed by atoms with van der Waals surface area (Å²) < 4.78 is 28.0. The molecular weight excluding hydrogens is 358 g/mol. The van der Waals surface area contributed by atoms with E-state index in [1.54, 1.807) is 36.2 Å². The number of benzene rings is 1. The van der Waals surface area contributed by atoms with E-state index in [4.69, 9.17) is 4.74 Å². The molecule has 0 spiro atoms. The molecule has 2 aromatic rings. The molecule has 0 aliphatic carbocycles. The highest BCUT2D eigenvalue weighted by atomic mass is 32.2. The molecule has 1 aromatic carbocycles. The van der Waals surface area contributed by atoms with Gasteiger partial charge in [0.2, 0.25) is 5.95 Å². The van der Waals surface area contributed by atoms with Crippen molar-refractivity contribution in [1.29, 1.82) is 0 Å². The van der Waals surface area contributed by atoms with Crippen LogP contribution in [-0.4, -0.2) is 61.3 Å². The van der Waals surface area contributed by atoms with Gasteiger partial charge in [-0.1, -0.05) is 6.07 Å². The van der Waals surface area contributed by atoms with Crippen LogP contribution in [0.25, 0.3) is 0 Å². The molecule has 1 atom stereocenters.